The Balaban J connectivity index is 1.29. The predicted octanol–water partition coefficient (Wildman–Crippen LogP) is 2.66. The number of hydrogen-bond donors (Lipinski definition) is 0. The van der Waals surface area contributed by atoms with Crippen LogP contribution in [-0.4, -0.2) is 60.4 Å². The minimum atomic E-state index is 0.423. The molecular weight excluding hydrogens is 360 g/mol. The molecule has 4 rings (SSSR count). The lowest BCUT2D eigenvalue weighted by Crippen LogP contribution is -2.45. The SMILES string of the molecule is COc1ccc(CN2CCN(Cc3nnc(-c4ccco4)o3)CC2)cc1OC. The molecule has 0 spiro atoms. The van der Waals surface area contributed by atoms with E-state index in [-0.39, 0.29) is 0 Å². The van der Waals surface area contributed by atoms with Crippen molar-refractivity contribution in [2.45, 2.75) is 13.1 Å². The topological polar surface area (TPSA) is 77.0 Å². The van der Waals surface area contributed by atoms with Crippen LogP contribution >= 0.6 is 0 Å². The van der Waals surface area contributed by atoms with Gasteiger partial charge in [-0.3, -0.25) is 9.80 Å². The van der Waals surface area contributed by atoms with Crippen molar-refractivity contribution in [3.8, 4) is 23.1 Å². The zero-order valence-corrected chi connectivity index (χ0v) is 16.1. The first kappa shape index (κ1) is 18.5. The van der Waals surface area contributed by atoms with Gasteiger partial charge in [-0.05, 0) is 29.8 Å². The van der Waals surface area contributed by atoms with Crippen molar-refractivity contribution in [1.29, 1.82) is 0 Å². The van der Waals surface area contributed by atoms with Gasteiger partial charge in [0.2, 0.25) is 5.89 Å². The smallest absolute Gasteiger partial charge is 0.283 e. The highest BCUT2D eigenvalue weighted by Gasteiger charge is 2.20. The average Bonchev–Trinajstić information content (AvgIpc) is 3.41. The molecule has 1 aliphatic rings. The van der Waals surface area contributed by atoms with Crippen molar-refractivity contribution in [2.75, 3.05) is 40.4 Å². The van der Waals surface area contributed by atoms with E-state index in [0.29, 0.717) is 24.1 Å². The first-order valence-corrected chi connectivity index (χ1v) is 9.27. The van der Waals surface area contributed by atoms with E-state index in [1.165, 1.54) is 5.56 Å². The summed E-state index contributed by atoms with van der Waals surface area (Å²) in [6.07, 6.45) is 1.59. The first-order chi connectivity index (χ1) is 13.7. The molecular formula is C20H24N4O4. The van der Waals surface area contributed by atoms with Crippen molar-refractivity contribution in [2.24, 2.45) is 0 Å². The fraction of sp³-hybridized carbons (Fsp3) is 0.400. The van der Waals surface area contributed by atoms with Gasteiger partial charge < -0.3 is 18.3 Å². The zero-order chi connectivity index (χ0) is 19.3. The van der Waals surface area contributed by atoms with Gasteiger partial charge in [0.15, 0.2) is 17.3 Å². The molecule has 0 radical (unpaired) electrons. The number of piperazine rings is 1. The first-order valence-electron chi connectivity index (χ1n) is 9.27. The standard InChI is InChI=1S/C20H24N4O4/c1-25-16-6-5-15(12-18(16)26-2)13-23-7-9-24(10-8-23)14-19-21-22-20(28-19)17-4-3-11-27-17/h3-6,11-12H,7-10,13-14H2,1-2H3. The number of furan rings is 1. The maximum atomic E-state index is 5.70. The lowest BCUT2D eigenvalue weighted by Gasteiger charge is -2.34. The molecule has 8 heteroatoms. The third kappa shape index (κ3) is 4.18. The molecule has 0 aliphatic carbocycles. The lowest BCUT2D eigenvalue weighted by atomic mass is 10.1. The highest BCUT2D eigenvalue weighted by atomic mass is 16.5. The minimum absolute atomic E-state index is 0.423. The molecule has 1 fully saturated rings. The predicted molar refractivity (Wildman–Crippen MR) is 102 cm³/mol. The van der Waals surface area contributed by atoms with Crippen LogP contribution in [0, 0.1) is 0 Å². The Morgan fingerprint density at radius 1 is 0.929 bits per heavy atom. The Hall–Kier alpha value is -2.84. The van der Waals surface area contributed by atoms with Crippen LogP contribution in [0.15, 0.2) is 45.4 Å². The van der Waals surface area contributed by atoms with Gasteiger partial charge >= 0.3 is 0 Å². The molecule has 0 bridgehead atoms. The van der Waals surface area contributed by atoms with Gasteiger partial charge in [-0.15, -0.1) is 10.2 Å². The summed E-state index contributed by atoms with van der Waals surface area (Å²) in [6, 6.07) is 9.69. The van der Waals surface area contributed by atoms with Crippen LogP contribution in [0.3, 0.4) is 0 Å². The molecule has 1 saturated heterocycles. The van der Waals surface area contributed by atoms with Crippen molar-refractivity contribution in [1.82, 2.24) is 20.0 Å². The van der Waals surface area contributed by atoms with E-state index in [0.717, 1.165) is 44.2 Å². The maximum Gasteiger partial charge on any atom is 0.283 e. The Labute approximate surface area is 163 Å². The second-order valence-corrected chi connectivity index (χ2v) is 6.72. The molecule has 148 valence electrons. The van der Waals surface area contributed by atoms with Crippen LogP contribution in [0.1, 0.15) is 11.5 Å². The molecule has 0 unspecified atom stereocenters. The Bertz CT molecular complexity index is 886. The van der Waals surface area contributed by atoms with Gasteiger partial charge in [-0.2, -0.15) is 0 Å². The Kier molecular flexibility index (Phi) is 5.59. The zero-order valence-electron chi connectivity index (χ0n) is 16.1. The highest BCUT2D eigenvalue weighted by molar-refractivity contribution is 5.43. The number of rotatable bonds is 7. The molecule has 2 aromatic heterocycles. The largest absolute Gasteiger partial charge is 0.493 e. The summed E-state index contributed by atoms with van der Waals surface area (Å²) in [4.78, 5) is 4.75. The molecule has 0 saturated carbocycles. The van der Waals surface area contributed by atoms with Crippen LogP contribution in [0.25, 0.3) is 11.7 Å². The van der Waals surface area contributed by atoms with Gasteiger partial charge in [0, 0.05) is 32.7 Å². The van der Waals surface area contributed by atoms with Crippen LogP contribution in [0.4, 0.5) is 0 Å². The second-order valence-electron chi connectivity index (χ2n) is 6.72. The summed E-state index contributed by atoms with van der Waals surface area (Å²) in [5.41, 5.74) is 1.21. The third-order valence-electron chi connectivity index (χ3n) is 4.88. The summed E-state index contributed by atoms with van der Waals surface area (Å²) in [5.74, 6) is 3.15. The van der Waals surface area contributed by atoms with Gasteiger partial charge in [-0.1, -0.05) is 6.07 Å². The average molecular weight is 384 g/mol. The van der Waals surface area contributed by atoms with Crippen LogP contribution in [0.2, 0.25) is 0 Å². The van der Waals surface area contributed by atoms with E-state index in [4.69, 9.17) is 18.3 Å². The maximum absolute atomic E-state index is 5.70. The van der Waals surface area contributed by atoms with E-state index in [2.05, 4.69) is 26.1 Å². The number of hydrogen-bond acceptors (Lipinski definition) is 8. The molecule has 8 nitrogen and oxygen atoms in total. The van der Waals surface area contributed by atoms with E-state index in [1.807, 2.05) is 18.2 Å². The normalized spacial score (nSPS) is 15.6. The number of nitrogens with zero attached hydrogens (tertiary/aromatic N) is 4. The molecule has 3 heterocycles. The Morgan fingerprint density at radius 2 is 1.68 bits per heavy atom. The van der Waals surface area contributed by atoms with Gasteiger partial charge in [-0.25, -0.2) is 0 Å². The fourth-order valence-corrected chi connectivity index (χ4v) is 3.35. The van der Waals surface area contributed by atoms with Gasteiger partial charge in [0.1, 0.15) is 0 Å². The molecule has 0 atom stereocenters. The summed E-state index contributed by atoms with van der Waals surface area (Å²) in [5, 5.41) is 8.19. The number of methoxy groups -OCH3 is 2. The molecule has 28 heavy (non-hydrogen) atoms. The fourth-order valence-electron chi connectivity index (χ4n) is 3.35. The van der Waals surface area contributed by atoms with Crippen molar-refractivity contribution in [3.05, 3.63) is 48.0 Å². The Morgan fingerprint density at radius 3 is 2.36 bits per heavy atom. The van der Waals surface area contributed by atoms with Crippen molar-refractivity contribution >= 4 is 0 Å². The molecule has 0 amide bonds. The molecule has 1 aromatic carbocycles. The van der Waals surface area contributed by atoms with Gasteiger partial charge in [0.05, 0.1) is 27.0 Å². The van der Waals surface area contributed by atoms with Crippen molar-refractivity contribution < 1.29 is 18.3 Å². The van der Waals surface area contributed by atoms with E-state index in [9.17, 15) is 0 Å². The van der Waals surface area contributed by atoms with E-state index in [1.54, 1.807) is 26.5 Å². The second kappa shape index (κ2) is 8.45. The minimum Gasteiger partial charge on any atom is -0.493 e. The van der Waals surface area contributed by atoms with Crippen molar-refractivity contribution in [3.63, 3.8) is 0 Å². The monoisotopic (exact) mass is 384 g/mol. The number of aromatic nitrogens is 2. The summed E-state index contributed by atoms with van der Waals surface area (Å²) in [6.45, 7) is 5.40. The van der Waals surface area contributed by atoms with E-state index >= 15 is 0 Å². The highest BCUT2D eigenvalue weighted by Crippen LogP contribution is 2.28. The van der Waals surface area contributed by atoms with E-state index < -0.39 is 0 Å². The van der Waals surface area contributed by atoms with Crippen LogP contribution in [-0.2, 0) is 13.1 Å². The van der Waals surface area contributed by atoms with Gasteiger partial charge in [0.25, 0.3) is 5.89 Å². The third-order valence-corrected chi connectivity index (χ3v) is 4.88. The molecule has 0 N–H and O–H groups in total. The number of benzene rings is 1. The molecule has 3 aromatic rings. The van der Waals surface area contributed by atoms with Crippen LogP contribution < -0.4 is 9.47 Å². The van der Waals surface area contributed by atoms with Crippen LogP contribution in [0.5, 0.6) is 11.5 Å². The summed E-state index contributed by atoms with van der Waals surface area (Å²) < 4.78 is 21.7. The quantitative estimate of drug-likeness (QED) is 0.615. The summed E-state index contributed by atoms with van der Waals surface area (Å²) >= 11 is 0. The lowest BCUT2D eigenvalue weighted by molar-refractivity contribution is 0.114. The number of ether oxygens (including phenoxy) is 2. The molecule has 1 aliphatic heterocycles. The summed E-state index contributed by atoms with van der Waals surface area (Å²) in [7, 11) is 3.31.